The summed E-state index contributed by atoms with van der Waals surface area (Å²) >= 11 is 0. The standard InChI is InChI=1S/C22H29N3O3.C12H10/c1-16(25(17(2)26)22(27)21(24)9-6-14-23)19-10-12-20(13-11-19)28-15-18-7-4-3-5-8-18;1-3-7-11(8-4-1)12-9-5-2-6-10-12/h3-5,7-8,10-13,16,21H,6,9,14-15,23-24H2,1-2H3;1-10H. The molecule has 4 aromatic carbocycles. The van der Waals surface area contributed by atoms with Crippen molar-refractivity contribution >= 4 is 11.8 Å². The van der Waals surface area contributed by atoms with Gasteiger partial charge in [-0.3, -0.25) is 14.5 Å². The molecule has 0 heterocycles. The van der Waals surface area contributed by atoms with E-state index in [0.29, 0.717) is 26.0 Å². The molecular formula is C34H39N3O3. The second-order valence-electron chi connectivity index (χ2n) is 9.52. The van der Waals surface area contributed by atoms with Crippen LogP contribution in [-0.4, -0.2) is 29.3 Å². The van der Waals surface area contributed by atoms with E-state index < -0.39 is 12.1 Å². The zero-order chi connectivity index (χ0) is 28.7. The van der Waals surface area contributed by atoms with Gasteiger partial charge in [-0.15, -0.1) is 0 Å². The molecule has 0 aliphatic carbocycles. The highest BCUT2D eigenvalue weighted by molar-refractivity contribution is 5.97. The third-order valence-corrected chi connectivity index (χ3v) is 6.49. The number of hydrogen-bond acceptors (Lipinski definition) is 5. The number of nitrogens with two attached hydrogens (primary N) is 2. The first kappa shape index (κ1) is 30.3. The van der Waals surface area contributed by atoms with Gasteiger partial charge in [-0.05, 0) is 60.7 Å². The van der Waals surface area contributed by atoms with E-state index in [0.717, 1.165) is 16.9 Å². The predicted octanol–water partition coefficient (Wildman–Crippen LogP) is 6.12. The molecule has 0 saturated heterocycles. The third kappa shape index (κ3) is 9.19. The Balaban J connectivity index is 0.000000302. The molecule has 0 aliphatic rings. The van der Waals surface area contributed by atoms with Crippen molar-refractivity contribution in [1.82, 2.24) is 4.90 Å². The molecular weight excluding hydrogens is 498 g/mol. The smallest absolute Gasteiger partial charge is 0.246 e. The van der Waals surface area contributed by atoms with E-state index in [9.17, 15) is 9.59 Å². The Labute approximate surface area is 237 Å². The molecule has 0 aliphatic heterocycles. The average molecular weight is 538 g/mol. The highest BCUT2D eigenvalue weighted by atomic mass is 16.5. The van der Waals surface area contributed by atoms with Gasteiger partial charge in [-0.1, -0.05) is 103 Å². The van der Waals surface area contributed by atoms with Crippen molar-refractivity contribution in [3.8, 4) is 16.9 Å². The fourth-order valence-electron chi connectivity index (χ4n) is 4.25. The fourth-order valence-corrected chi connectivity index (χ4v) is 4.25. The van der Waals surface area contributed by atoms with Gasteiger partial charge in [0, 0.05) is 6.92 Å². The summed E-state index contributed by atoms with van der Waals surface area (Å²) < 4.78 is 5.79. The number of amides is 2. The van der Waals surface area contributed by atoms with Crippen LogP contribution in [0.2, 0.25) is 0 Å². The Kier molecular flexibility index (Phi) is 12.1. The molecule has 0 aromatic heterocycles. The van der Waals surface area contributed by atoms with Crippen molar-refractivity contribution in [3.05, 3.63) is 126 Å². The molecule has 4 N–H and O–H groups in total. The molecule has 6 heteroatoms. The van der Waals surface area contributed by atoms with Crippen molar-refractivity contribution in [2.75, 3.05) is 6.54 Å². The number of imide groups is 1. The Morgan fingerprint density at radius 2 is 1.27 bits per heavy atom. The molecule has 2 unspecified atom stereocenters. The lowest BCUT2D eigenvalue weighted by Gasteiger charge is -2.29. The first-order valence-electron chi connectivity index (χ1n) is 13.6. The summed E-state index contributed by atoms with van der Waals surface area (Å²) in [5.41, 5.74) is 15.9. The largest absolute Gasteiger partial charge is 0.489 e. The molecule has 2 amide bonds. The minimum absolute atomic E-state index is 0.329. The van der Waals surface area contributed by atoms with Gasteiger partial charge in [0.1, 0.15) is 12.4 Å². The van der Waals surface area contributed by atoms with E-state index in [2.05, 4.69) is 48.5 Å². The summed E-state index contributed by atoms with van der Waals surface area (Å²) in [7, 11) is 0. The van der Waals surface area contributed by atoms with E-state index >= 15 is 0 Å². The maximum absolute atomic E-state index is 12.6. The van der Waals surface area contributed by atoms with E-state index in [4.69, 9.17) is 16.2 Å². The average Bonchev–Trinajstić information content (AvgIpc) is 3.00. The zero-order valence-electron chi connectivity index (χ0n) is 23.3. The van der Waals surface area contributed by atoms with Crippen LogP contribution in [0.25, 0.3) is 11.1 Å². The molecule has 208 valence electrons. The van der Waals surface area contributed by atoms with E-state index in [1.807, 2.05) is 73.7 Å². The van der Waals surface area contributed by atoms with Gasteiger partial charge >= 0.3 is 0 Å². The molecule has 4 rings (SSSR count). The van der Waals surface area contributed by atoms with Crippen LogP contribution in [0.4, 0.5) is 0 Å². The summed E-state index contributed by atoms with van der Waals surface area (Å²) in [5, 5.41) is 0. The van der Waals surface area contributed by atoms with Crippen molar-refractivity contribution < 1.29 is 14.3 Å². The Morgan fingerprint density at radius 3 is 1.75 bits per heavy atom. The maximum atomic E-state index is 12.6. The fraction of sp³-hybridized carbons (Fsp3) is 0.235. The van der Waals surface area contributed by atoms with Crippen LogP contribution in [0.1, 0.15) is 43.9 Å². The Bertz CT molecular complexity index is 1260. The number of nitrogens with zero attached hydrogens (tertiary/aromatic N) is 1. The molecule has 40 heavy (non-hydrogen) atoms. The van der Waals surface area contributed by atoms with Crippen LogP contribution in [0, 0.1) is 0 Å². The van der Waals surface area contributed by atoms with Crippen molar-refractivity contribution in [3.63, 3.8) is 0 Å². The lowest BCUT2D eigenvalue weighted by Crippen LogP contribution is -2.47. The molecule has 2 atom stereocenters. The Hall–Kier alpha value is -4.26. The van der Waals surface area contributed by atoms with Gasteiger partial charge < -0.3 is 16.2 Å². The van der Waals surface area contributed by atoms with Crippen molar-refractivity contribution in [1.29, 1.82) is 0 Å². The highest BCUT2D eigenvalue weighted by Crippen LogP contribution is 2.24. The summed E-state index contributed by atoms with van der Waals surface area (Å²) in [5.74, 6) is 0.0168. The molecule has 0 saturated carbocycles. The minimum Gasteiger partial charge on any atom is -0.489 e. The van der Waals surface area contributed by atoms with E-state index in [1.54, 1.807) is 0 Å². The topological polar surface area (TPSA) is 98.7 Å². The van der Waals surface area contributed by atoms with Crippen LogP contribution in [0.3, 0.4) is 0 Å². The van der Waals surface area contributed by atoms with Crippen molar-refractivity contribution in [2.45, 2.75) is 45.4 Å². The summed E-state index contributed by atoms with van der Waals surface area (Å²) in [6.45, 7) is 4.13. The minimum atomic E-state index is -0.733. The molecule has 0 bridgehead atoms. The van der Waals surface area contributed by atoms with Gasteiger partial charge in [-0.2, -0.15) is 0 Å². The number of benzene rings is 4. The van der Waals surface area contributed by atoms with Crippen LogP contribution in [0.5, 0.6) is 5.75 Å². The molecule has 6 nitrogen and oxygen atoms in total. The lowest BCUT2D eigenvalue weighted by molar-refractivity contribution is -0.147. The van der Waals surface area contributed by atoms with Gasteiger partial charge in [0.15, 0.2) is 0 Å². The normalized spacial score (nSPS) is 11.9. The molecule has 0 radical (unpaired) electrons. The highest BCUT2D eigenvalue weighted by Gasteiger charge is 2.29. The zero-order valence-corrected chi connectivity index (χ0v) is 23.3. The first-order chi connectivity index (χ1) is 19.4. The van der Waals surface area contributed by atoms with E-state index in [1.165, 1.54) is 23.0 Å². The monoisotopic (exact) mass is 537 g/mol. The second kappa shape index (κ2) is 16.0. The van der Waals surface area contributed by atoms with Crippen LogP contribution in [-0.2, 0) is 16.2 Å². The van der Waals surface area contributed by atoms with Gasteiger partial charge in [0.25, 0.3) is 0 Å². The third-order valence-electron chi connectivity index (χ3n) is 6.49. The summed E-state index contributed by atoms with van der Waals surface area (Å²) in [6, 6.07) is 36.9. The second-order valence-corrected chi connectivity index (χ2v) is 9.52. The quantitative estimate of drug-likeness (QED) is 0.254. The molecule has 4 aromatic rings. The van der Waals surface area contributed by atoms with Crippen molar-refractivity contribution in [2.24, 2.45) is 11.5 Å². The van der Waals surface area contributed by atoms with Crippen LogP contribution >= 0.6 is 0 Å². The molecule has 0 fully saturated rings. The van der Waals surface area contributed by atoms with Gasteiger partial charge in [0.2, 0.25) is 11.8 Å². The number of ether oxygens (including phenoxy) is 1. The molecule has 0 spiro atoms. The number of carbonyl (C=O) groups excluding carboxylic acids is 2. The van der Waals surface area contributed by atoms with Gasteiger partial charge in [0.05, 0.1) is 12.1 Å². The number of rotatable bonds is 10. The summed E-state index contributed by atoms with van der Waals surface area (Å²) in [4.78, 5) is 26.0. The maximum Gasteiger partial charge on any atom is 0.246 e. The number of carbonyl (C=O) groups is 2. The lowest BCUT2D eigenvalue weighted by atomic mass is 10.0. The van der Waals surface area contributed by atoms with E-state index in [-0.39, 0.29) is 11.8 Å². The van der Waals surface area contributed by atoms with Gasteiger partial charge in [-0.25, -0.2) is 0 Å². The number of hydrogen-bond donors (Lipinski definition) is 2. The SMILES string of the molecule is CC(=O)N(C(=O)C(N)CCCN)C(C)c1ccc(OCc2ccccc2)cc1.c1ccc(-c2ccccc2)cc1. The summed E-state index contributed by atoms with van der Waals surface area (Å²) in [6.07, 6.45) is 1.10. The predicted molar refractivity (Wildman–Crippen MR) is 161 cm³/mol. The Morgan fingerprint density at radius 1 is 0.775 bits per heavy atom. The van der Waals surface area contributed by atoms with Crippen LogP contribution in [0.15, 0.2) is 115 Å². The first-order valence-corrected chi connectivity index (χ1v) is 13.6. The van der Waals surface area contributed by atoms with Crippen LogP contribution < -0.4 is 16.2 Å².